The van der Waals surface area contributed by atoms with Crippen molar-refractivity contribution in [1.82, 2.24) is 0 Å². The number of ether oxygens (including phenoxy) is 1. The summed E-state index contributed by atoms with van der Waals surface area (Å²) < 4.78 is 6.84. The van der Waals surface area contributed by atoms with Crippen molar-refractivity contribution >= 4 is 15.9 Å². The van der Waals surface area contributed by atoms with E-state index in [2.05, 4.69) is 47.1 Å². The highest BCUT2D eigenvalue weighted by atomic mass is 79.9. The van der Waals surface area contributed by atoms with Crippen molar-refractivity contribution in [2.45, 2.75) is 13.3 Å². The van der Waals surface area contributed by atoms with E-state index in [0.29, 0.717) is 6.61 Å². The maximum atomic E-state index is 5.70. The van der Waals surface area contributed by atoms with Gasteiger partial charge in [-0.25, -0.2) is 0 Å². The Labute approximate surface area is 111 Å². The molecule has 0 aromatic heterocycles. The third-order valence-electron chi connectivity index (χ3n) is 2.62. The topological polar surface area (TPSA) is 9.23 Å². The fourth-order valence-electron chi connectivity index (χ4n) is 1.61. The molecule has 0 unspecified atom stereocenters. The molecule has 0 amide bonds. The van der Waals surface area contributed by atoms with E-state index in [-0.39, 0.29) is 0 Å². The van der Waals surface area contributed by atoms with Crippen LogP contribution in [0.5, 0.6) is 5.75 Å². The fraction of sp³-hybridized carbons (Fsp3) is 0.200. The Hall–Kier alpha value is -1.28. The van der Waals surface area contributed by atoms with Crippen LogP contribution in [0.4, 0.5) is 0 Å². The monoisotopic (exact) mass is 290 g/mol. The minimum Gasteiger partial charge on any atom is -0.493 e. The highest BCUT2D eigenvalue weighted by molar-refractivity contribution is 9.10. The molecule has 17 heavy (non-hydrogen) atoms. The first-order valence-electron chi connectivity index (χ1n) is 5.68. The number of hydrogen-bond donors (Lipinski definition) is 0. The first-order valence-corrected chi connectivity index (χ1v) is 6.48. The zero-order valence-electron chi connectivity index (χ0n) is 9.82. The number of halogens is 1. The number of aryl methyl sites for hydroxylation is 1. The molecule has 2 rings (SSSR count). The Balaban J connectivity index is 1.88. The molecule has 88 valence electrons. The van der Waals surface area contributed by atoms with Crippen molar-refractivity contribution < 1.29 is 4.74 Å². The Bertz CT molecular complexity index is 477. The molecule has 0 saturated carbocycles. The molecule has 0 aliphatic rings. The summed E-state index contributed by atoms with van der Waals surface area (Å²) in [5.74, 6) is 0.933. The van der Waals surface area contributed by atoms with Crippen LogP contribution in [0.3, 0.4) is 0 Å². The first-order chi connectivity index (χ1) is 8.25. The first kappa shape index (κ1) is 12.2. The summed E-state index contributed by atoms with van der Waals surface area (Å²) in [6.45, 7) is 2.77. The van der Waals surface area contributed by atoms with E-state index < -0.39 is 0 Å². The predicted molar refractivity (Wildman–Crippen MR) is 74.5 cm³/mol. The van der Waals surface area contributed by atoms with Gasteiger partial charge in [-0.15, -0.1) is 0 Å². The molecule has 0 heterocycles. The molecule has 0 saturated heterocycles. The predicted octanol–water partition coefficient (Wildman–Crippen LogP) is 4.38. The molecule has 2 aromatic rings. The van der Waals surface area contributed by atoms with Crippen LogP contribution in [0, 0.1) is 6.92 Å². The van der Waals surface area contributed by atoms with E-state index in [9.17, 15) is 0 Å². The average molecular weight is 291 g/mol. The Morgan fingerprint density at radius 1 is 1.00 bits per heavy atom. The van der Waals surface area contributed by atoms with Crippen molar-refractivity contribution in [3.63, 3.8) is 0 Å². The van der Waals surface area contributed by atoms with Crippen molar-refractivity contribution in [3.05, 3.63) is 64.1 Å². The normalized spacial score (nSPS) is 10.2. The van der Waals surface area contributed by atoms with Gasteiger partial charge < -0.3 is 4.74 Å². The zero-order chi connectivity index (χ0) is 12.1. The summed E-state index contributed by atoms with van der Waals surface area (Å²) in [5.41, 5.74) is 2.53. The van der Waals surface area contributed by atoms with E-state index in [0.717, 1.165) is 16.6 Å². The standard InChI is InChI=1S/C15H15BrO/c1-12-6-8-14(9-7-12)17-11-10-13-4-2-3-5-15(13)16/h2-9H,10-11H2,1H3. The Morgan fingerprint density at radius 2 is 1.71 bits per heavy atom. The van der Waals surface area contributed by atoms with Crippen LogP contribution in [0.15, 0.2) is 53.0 Å². The van der Waals surface area contributed by atoms with Gasteiger partial charge in [0.05, 0.1) is 6.61 Å². The van der Waals surface area contributed by atoms with Crippen molar-refractivity contribution in [2.24, 2.45) is 0 Å². The van der Waals surface area contributed by atoms with Gasteiger partial charge in [0.15, 0.2) is 0 Å². The number of rotatable bonds is 4. The molecule has 0 bridgehead atoms. The van der Waals surface area contributed by atoms with Crippen molar-refractivity contribution in [2.75, 3.05) is 6.61 Å². The van der Waals surface area contributed by atoms with Gasteiger partial charge in [-0.1, -0.05) is 51.8 Å². The smallest absolute Gasteiger partial charge is 0.119 e. The highest BCUT2D eigenvalue weighted by Gasteiger charge is 1.99. The molecule has 0 N–H and O–H groups in total. The van der Waals surface area contributed by atoms with E-state index >= 15 is 0 Å². The summed E-state index contributed by atoms with van der Waals surface area (Å²) in [7, 11) is 0. The van der Waals surface area contributed by atoms with Gasteiger partial charge in [0.25, 0.3) is 0 Å². The van der Waals surface area contributed by atoms with Crippen LogP contribution in [0.1, 0.15) is 11.1 Å². The largest absolute Gasteiger partial charge is 0.493 e. The SMILES string of the molecule is Cc1ccc(OCCc2ccccc2Br)cc1. The van der Waals surface area contributed by atoms with Crippen LogP contribution in [0.2, 0.25) is 0 Å². The maximum absolute atomic E-state index is 5.70. The van der Waals surface area contributed by atoms with Crippen LogP contribution >= 0.6 is 15.9 Å². The Kier molecular flexibility index (Phi) is 4.21. The molecular formula is C15H15BrO. The van der Waals surface area contributed by atoms with Crippen LogP contribution < -0.4 is 4.74 Å². The summed E-state index contributed by atoms with van der Waals surface area (Å²) >= 11 is 3.54. The highest BCUT2D eigenvalue weighted by Crippen LogP contribution is 2.17. The lowest BCUT2D eigenvalue weighted by atomic mass is 10.2. The van der Waals surface area contributed by atoms with Gasteiger partial charge in [0, 0.05) is 10.9 Å². The van der Waals surface area contributed by atoms with Gasteiger partial charge >= 0.3 is 0 Å². The molecule has 0 spiro atoms. The molecule has 0 radical (unpaired) electrons. The van der Waals surface area contributed by atoms with Gasteiger partial charge in [-0.2, -0.15) is 0 Å². The number of benzene rings is 2. The van der Waals surface area contributed by atoms with Gasteiger partial charge in [-0.05, 0) is 30.7 Å². The lowest BCUT2D eigenvalue weighted by Crippen LogP contribution is -2.01. The summed E-state index contributed by atoms with van der Waals surface area (Å²) in [6, 6.07) is 16.4. The molecule has 2 aromatic carbocycles. The fourth-order valence-corrected chi connectivity index (χ4v) is 2.10. The summed E-state index contributed by atoms with van der Waals surface area (Å²) in [4.78, 5) is 0. The summed E-state index contributed by atoms with van der Waals surface area (Å²) in [5, 5.41) is 0. The molecule has 0 aliphatic carbocycles. The van der Waals surface area contributed by atoms with E-state index in [1.807, 2.05) is 24.3 Å². The molecular weight excluding hydrogens is 276 g/mol. The lowest BCUT2D eigenvalue weighted by Gasteiger charge is -2.07. The molecule has 0 aliphatic heterocycles. The molecule has 0 atom stereocenters. The average Bonchev–Trinajstić information content (AvgIpc) is 2.34. The van der Waals surface area contributed by atoms with E-state index in [4.69, 9.17) is 4.74 Å². The minimum atomic E-state index is 0.700. The molecule has 2 heteroatoms. The van der Waals surface area contributed by atoms with Crippen molar-refractivity contribution in [1.29, 1.82) is 0 Å². The second-order valence-electron chi connectivity index (χ2n) is 4.00. The van der Waals surface area contributed by atoms with E-state index in [1.165, 1.54) is 11.1 Å². The van der Waals surface area contributed by atoms with Crippen molar-refractivity contribution in [3.8, 4) is 5.75 Å². The third kappa shape index (κ3) is 3.60. The van der Waals surface area contributed by atoms with Crippen LogP contribution in [0.25, 0.3) is 0 Å². The minimum absolute atomic E-state index is 0.700. The lowest BCUT2D eigenvalue weighted by molar-refractivity contribution is 0.321. The molecule has 1 nitrogen and oxygen atoms in total. The van der Waals surface area contributed by atoms with Gasteiger partial charge in [-0.3, -0.25) is 0 Å². The summed E-state index contributed by atoms with van der Waals surface area (Å²) in [6.07, 6.45) is 0.912. The van der Waals surface area contributed by atoms with E-state index in [1.54, 1.807) is 0 Å². The second kappa shape index (κ2) is 5.87. The quantitative estimate of drug-likeness (QED) is 0.812. The van der Waals surface area contributed by atoms with Gasteiger partial charge in [0.2, 0.25) is 0 Å². The van der Waals surface area contributed by atoms with Crippen LogP contribution in [-0.4, -0.2) is 6.61 Å². The Morgan fingerprint density at radius 3 is 2.41 bits per heavy atom. The second-order valence-corrected chi connectivity index (χ2v) is 4.86. The third-order valence-corrected chi connectivity index (χ3v) is 3.39. The maximum Gasteiger partial charge on any atom is 0.119 e. The van der Waals surface area contributed by atoms with Gasteiger partial charge in [0.1, 0.15) is 5.75 Å². The zero-order valence-corrected chi connectivity index (χ0v) is 11.4. The molecule has 0 fully saturated rings. The number of hydrogen-bond acceptors (Lipinski definition) is 1. The van der Waals surface area contributed by atoms with Crippen LogP contribution in [-0.2, 0) is 6.42 Å².